The quantitative estimate of drug-likeness (QED) is 0.365. The topological polar surface area (TPSA) is 122 Å². The molecule has 3 N–H and O–H groups in total. The van der Waals surface area contributed by atoms with Crippen molar-refractivity contribution < 1.29 is 18.8 Å². The molecule has 0 saturated carbocycles. The summed E-state index contributed by atoms with van der Waals surface area (Å²) in [5, 5.41) is 12.0. The van der Waals surface area contributed by atoms with Crippen LogP contribution < -0.4 is 20.7 Å². The van der Waals surface area contributed by atoms with E-state index in [-0.39, 0.29) is 17.0 Å². The number of aromatic nitrogens is 2. The van der Waals surface area contributed by atoms with E-state index in [0.717, 1.165) is 19.5 Å². The number of hydrogen-bond acceptors (Lipinski definition) is 7. The van der Waals surface area contributed by atoms with Crippen molar-refractivity contribution in [2.45, 2.75) is 52.5 Å². The summed E-state index contributed by atoms with van der Waals surface area (Å²) in [6, 6.07) is 12.0. The van der Waals surface area contributed by atoms with Gasteiger partial charge in [-0.15, -0.1) is 0 Å². The predicted molar refractivity (Wildman–Crippen MR) is 147 cm³/mol. The Bertz CT molecular complexity index is 1230. The van der Waals surface area contributed by atoms with Crippen LogP contribution in [0.5, 0.6) is 5.75 Å². The van der Waals surface area contributed by atoms with Gasteiger partial charge in [0.2, 0.25) is 0 Å². The van der Waals surface area contributed by atoms with Crippen molar-refractivity contribution in [3.63, 3.8) is 0 Å². The molecule has 1 atom stereocenters. The van der Waals surface area contributed by atoms with Gasteiger partial charge in [-0.3, -0.25) is 10.1 Å². The van der Waals surface area contributed by atoms with Gasteiger partial charge in [-0.1, -0.05) is 25.9 Å². The minimum atomic E-state index is -0.452. The van der Waals surface area contributed by atoms with Gasteiger partial charge in [-0.25, -0.2) is 9.78 Å². The van der Waals surface area contributed by atoms with Gasteiger partial charge < -0.3 is 24.8 Å². The third-order valence-corrected chi connectivity index (χ3v) is 6.39. The Morgan fingerprint density at radius 3 is 2.37 bits per heavy atom. The predicted octanol–water partition coefficient (Wildman–Crippen LogP) is 5.37. The molecule has 4 rings (SSSR count). The van der Waals surface area contributed by atoms with Gasteiger partial charge in [-0.2, -0.15) is 0 Å². The lowest BCUT2D eigenvalue weighted by Crippen LogP contribution is -2.29. The van der Waals surface area contributed by atoms with Crippen LogP contribution in [-0.4, -0.2) is 52.7 Å². The van der Waals surface area contributed by atoms with E-state index in [1.54, 1.807) is 48.7 Å². The van der Waals surface area contributed by atoms with Gasteiger partial charge in [0.25, 0.3) is 5.91 Å². The summed E-state index contributed by atoms with van der Waals surface area (Å²) in [5.74, 6) is 1.83. The molecule has 3 heterocycles. The highest BCUT2D eigenvalue weighted by molar-refractivity contribution is 6.03. The van der Waals surface area contributed by atoms with Crippen LogP contribution in [0.2, 0.25) is 0 Å². The van der Waals surface area contributed by atoms with Gasteiger partial charge in [0.05, 0.1) is 12.8 Å². The van der Waals surface area contributed by atoms with E-state index >= 15 is 0 Å². The number of ether oxygens (including phenoxy) is 1. The largest absolute Gasteiger partial charge is 0.492 e. The molecule has 3 amide bonds. The summed E-state index contributed by atoms with van der Waals surface area (Å²) in [4.78, 5) is 31.6. The Morgan fingerprint density at radius 2 is 1.79 bits per heavy atom. The van der Waals surface area contributed by atoms with E-state index in [0.29, 0.717) is 47.3 Å². The molecule has 1 aliphatic heterocycles. The van der Waals surface area contributed by atoms with Gasteiger partial charge in [0, 0.05) is 41.4 Å². The number of anilines is 3. The first kappa shape index (κ1) is 27.1. The number of rotatable bonds is 8. The van der Waals surface area contributed by atoms with Crippen LogP contribution in [-0.2, 0) is 5.41 Å². The lowest BCUT2D eigenvalue weighted by atomic mass is 9.93. The summed E-state index contributed by atoms with van der Waals surface area (Å²) >= 11 is 0. The number of urea groups is 1. The fourth-order valence-electron chi connectivity index (χ4n) is 4.08. The van der Waals surface area contributed by atoms with Crippen LogP contribution in [0.15, 0.2) is 53.2 Å². The van der Waals surface area contributed by atoms with Gasteiger partial charge in [0.15, 0.2) is 5.82 Å². The molecule has 1 saturated heterocycles. The van der Waals surface area contributed by atoms with E-state index in [1.807, 2.05) is 20.8 Å². The number of amides is 3. The lowest BCUT2D eigenvalue weighted by Gasteiger charge is -2.20. The molecule has 0 unspecified atom stereocenters. The molecular weight excluding hydrogens is 484 g/mol. The molecular formula is C28H36N6O4. The molecule has 1 aromatic carbocycles. The van der Waals surface area contributed by atoms with Gasteiger partial charge in [-0.05, 0) is 63.2 Å². The van der Waals surface area contributed by atoms with E-state index < -0.39 is 6.03 Å². The maximum Gasteiger partial charge on any atom is 0.324 e. The number of hydrogen-bond donors (Lipinski definition) is 3. The summed E-state index contributed by atoms with van der Waals surface area (Å²) in [5.41, 5.74) is 1.21. The zero-order valence-electron chi connectivity index (χ0n) is 22.6. The highest BCUT2D eigenvalue weighted by Crippen LogP contribution is 2.25. The van der Waals surface area contributed by atoms with Crippen molar-refractivity contribution in [3.05, 3.63) is 60.1 Å². The number of carbonyl (C=O) groups excluding carboxylic acids is 2. The number of pyridine rings is 1. The first-order valence-electron chi connectivity index (χ1n) is 12.9. The van der Waals surface area contributed by atoms with Gasteiger partial charge >= 0.3 is 6.03 Å². The van der Waals surface area contributed by atoms with Crippen molar-refractivity contribution in [1.82, 2.24) is 15.0 Å². The second-order valence-corrected chi connectivity index (χ2v) is 10.9. The van der Waals surface area contributed by atoms with Crippen molar-refractivity contribution in [3.8, 4) is 5.75 Å². The van der Waals surface area contributed by atoms with E-state index in [2.05, 4.69) is 44.8 Å². The average Bonchev–Trinajstić information content (AvgIpc) is 3.54. The summed E-state index contributed by atoms with van der Waals surface area (Å²) < 4.78 is 11.2. The van der Waals surface area contributed by atoms with Crippen LogP contribution in [0, 0.1) is 5.92 Å². The highest BCUT2D eigenvalue weighted by atomic mass is 16.5. The zero-order valence-corrected chi connectivity index (χ0v) is 22.6. The Balaban J connectivity index is 1.23. The van der Waals surface area contributed by atoms with E-state index in [9.17, 15) is 9.59 Å². The van der Waals surface area contributed by atoms with Crippen LogP contribution in [0.3, 0.4) is 0 Å². The highest BCUT2D eigenvalue weighted by Gasteiger charge is 2.24. The SMILES string of the molecule is CC(C)N1CC[C@@H](COc2ccc(C(=O)Nc3ccc(NC(=O)Nc4cc(C(C)(C)C)on4)cc3)nc2)C1. The van der Waals surface area contributed by atoms with Crippen molar-refractivity contribution >= 4 is 29.1 Å². The lowest BCUT2D eigenvalue weighted by molar-refractivity contribution is 0.102. The third-order valence-electron chi connectivity index (χ3n) is 6.39. The zero-order chi connectivity index (χ0) is 27.3. The summed E-state index contributed by atoms with van der Waals surface area (Å²) in [6.07, 6.45) is 2.71. The Hall–Kier alpha value is -3.92. The van der Waals surface area contributed by atoms with Crippen molar-refractivity contribution in [2.24, 2.45) is 5.92 Å². The monoisotopic (exact) mass is 520 g/mol. The second kappa shape index (κ2) is 11.6. The molecule has 0 aliphatic carbocycles. The molecule has 1 aliphatic rings. The number of nitrogens with one attached hydrogen (secondary N) is 3. The number of carbonyl (C=O) groups is 2. The second-order valence-electron chi connectivity index (χ2n) is 10.9. The van der Waals surface area contributed by atoms with Crippen LogP contribution in [0.25, 0.3) is 0 Å². The minimum absolute atomic E-state index is 0.208. The standard InChI is InChI=1S/C28H36N6O4/c1-18(2)34-13-12-19(16-34)17-37-22-10-11-23(29-15-22)26(35)30-20-6-8-21(9-7-20)31-27(36)32-25-14-24(38-33-25)28(3,4)5/h6-11,14-15,18-19H,12-13,16-17H2,1-5H3,(H,30,35)(H2,31,32,33,36)/t19-/m1/s1. The maximum atomic E-state index is 12.6. The Labute approximate surface area is 223 Å². The third kappa shape index (κ3) is 7.32. The molecule has 10 nitrogen and oxygen atoms in total. The Kier molecular flexibility index (Phi) is 8.31. The van der Waals surface area contributed by atoms with Gasteiger partial charge in [0.1, 0.15) is 17.2 Å². The molecule has 0 spiro atoms. The fourth-order valence-corrected chi connectivity index (χ4v) is 4.08. The molecule has 2 aromatic heterocycles. The van der Waals surface area contributed by atoms with Crippen molar-refractivity contribution in [1.29, 1.82) is 0 Å². The average molecular weight is 521 g/mol. The summed E-state index contributed by atoms with van der Waals surface area (Å²) in [7, 11) is 0. The molecule has 38 heavy (non-hydrogen) atoms. The fraction of sp³-hybridized carbons (Fsp3) is 0.429. The van der Waals surface area contributed by atoms with Crippen molar-refractivity contribution in [2.75, 3.05) is 35.6 Å². The van der Waals surface area contributed by atoms with Crippen LogP contribution in [0.1, 0.15) is 57.3 Å². The molecule has 0 radical (unpaired) electrons. The first-order valence-corrected chi connectivity index (χ1v) is 12.9. The number of benzene rings is 1. The smallest absolute Gasteiger partial charge is 0.324 e. The molecule has 3 aromatic rings. The van der Waals surface area contributed by atoms with E-state index in [4.69, 9.17) is 9.26 Å². The minimum Gasteiger partial charge on any atom is -0.492 e. The van der Waals surface area contributed by atoms with Crippen LogP contribution >= 0.6 is 0 Å². The normalized spacial score (nSPS) is 15.9. The first-order chi connectivity index (χ1) is 18.1. The molecule has 0 bridgehead atoms. The van der Waals surface area contributed by atoms with Crippen LogP contribution in [0.4, 0.5) is 22.0 Å². The van der Waals surface area contributed by atoms with E-state index in [1.165, 1.54) is 0 Å². The number of likely N-dealkylation sites (tertiary alicyclic amines) is 1. The maximum absolute atomic E-state index is 12.6. The molecule has 10 heteroatoms. The molecule has 1 fully saturated rings. The molecule has 202 valence electrons. The Morgan fingerprint density at radius 1 is 1.08 bits per heavy atom. The number of nitrogens with zero attached hydrogens (tertiary/aromatic N) is 3. The summed E-state index contributed by atoms with van der Waals surface area (Å²) in [6.45, 7) is 13.2.